The number of pyridine rings is 1. The molecule has 0 atom stereocenters. The van der Waals surface area contributed by atoms with Crippen molar-refractivity contribution in [3.8, 4) is 11.4 Å². The Labute approximate surface area is 129 Å². The molecule has 0 fully saturated rings. The summed E-state index contributed by atoms with van der Waals surface area (Å²) in [5, 5.41) is 0. The lowest BCUT2D eigenvalue weighted by atomic mass is 10.1. The highest BCUT2D eigenvalue weighted by molar-refractivity contribution is 5.54. The van der Waals surface area contributed by atoms with Gasteiger partial charge in [-0.3, -0.25) is 9.88 Å². The molecular weight excluding hydrogens is 274 g/mol. The van der Waals surface area contributed by atoms with Crippen LogP contribution >= 0.6 is 0 Å². The Morgan fingerprint density at radius 1 is 1.18 bits per heavy atom. The minimum atomic E-state index is 0.791. The van der Waals surface area contributed by atoms with Gasteiger partial charge in [0.15, 0.2) is 5.82 Å². The second kappa shape index (κ2) is 5.69. The molecule has 0 unspecified atom stereocenters. The number of hydrogen-bond acceptors (Lipinski definition) is 4. The van der Waals surface area contributed by atoms with Gasteiger partial charge in [-0.15, -0.1) is 0 Å². The number of H-pyrrole nitrogens is 1. The maximum atomic E-state index is 4.74. The molecule has 0 saturated heterocycles. The predicted molar refractivity (Wildman–Crippen MR) is 83.9 cm³/mol. The SMILES string of the molecule is c1c[nH]c(CN2CCc3nc(-c4ccncc4)ncc3C2)c1. The van der Waals surface area contributed by atoms with Crippen molar-refractivity contribution in [2.45, 2.75) is 19.5 Å². The highest BCUT2D eigenvalue weighted by Crippen LogP contribution is 2.21. The Kier molecular flexibility index (Phi) is 3.40. The Morgan fingerprint density at radius 3 is 2.91 bits per heavy atom. The third-order valence-corrected chi connectivity index (χ3v) is 4.01. The van der Waals surface area contributed by atoms with Crippen LogP contribution in [0.25, 0.3) is 11.4 Å². The molecule has 0 radical (unpaired) electrons. The summed E-state index contributed by atoms with van der Waals surface area (Å²) in [4.78, 5) is 19.0. The summed E-state index contributed by atoms with van der Waals surface area (Å²) in [5.74, 6) is 0.791. The van der Waals surface area contributed by atoms with E-state index in [1.54, 1.807) is 12.4 Å². The zero-order valence-corrected chi connectivity index (χ0v) is 12.2. The summed E-state index contributed by atoms with van der Waals surface area (Å²) < 4.78 is 0. The van der Waals surface area contributed by atoms with Crippen molar-refractivity contribution >= 4 is 0 Å². The van der Waals surface area contributed by atoms with E-state index in [1.807, 2.05) is 30.6 Å². The summed E-state index contributed by atoms with van der Waals surface area (Å²) in [7, 11) is 0. The van der Waals surface area contributed by atoms with Crippen LogP contribution in [0.5, 0.6) is 0 Å². The van der Waals surface area contributed by atoms with E-state index in [2.05, 4.69) is 25.9 Å². The lowest BCUT2D eigenvalue weighted by Gasteiger charge is -2.27. The van der Waals surface area contributed by atoms with E-state index >= 15 is 0 Å². The number of nitrogens with zero attached hydrogens (tertiary/aromatic N) is 4. The van der Waals surface area contributed by atoms with Crippen molar-refractivity contribution in [2.75, 3.05) is 6.54 Å². The monoisotopic (exact) mass is 291 g/mol. The molecular formula is C17H17N5. The van der Waals surface area contributed by atoms with Gasteiger partial charge in [0.1, 0.15) is 0 Å². The lowest BCUT2D eigenvalue weighted by Crippen LogP contribution is -2.31. The van der Waals surface area contributed by atoms with Gasteiger partial charge in [-0.25, -0.2) is 9.97 Å². The molecule has 4 rings (SSSR count). The number of aromatic amines is 1. The van der Waals surface area contributed by atoms with Gasteiger partial charge in [-0.1, -0.05) is 0 Å². The maximum absolute atomic E-state index is 4.74. The van der Waals surface area contributed by atoms with Crippen LogP contribution in [0, 0.1) is 0 Å². The molecule has 3 aromatic heterocycles. The van der Waals surface area contributed by atoms with Crippen LogP contribution in [-0.2, 0) is 19.5 Å². The molecule has 110 valence electrons. The van der Waals surface area contributed by atoms with Crippen molar-refractivity contribution in [1.29, 1.82) is 0 Å². The van der Waals surface area contributed by atoms with Gasteiger partial charge in [0.05, 0.1) is 5.69 Å². The van der Waals surface area contributed by atoms with Crippen molar-refractivity contribution in [3.05, 3.63) is 66.0 Å². The summed E-state index contributed by atoms with van der Waals surface area (Å²) in [6, 6.07) is 8.06. The average Bonchev–Trinajstić information content (AvgIpc) is 3.08. The van der Waals surface area contributed by atoms with E-state index < -0.39 is 0 Å². The Balaban J connectivity index is 1.54. The fourth-order valence-electron chi connectivity index (χ4n) is 2.86. The van der Waals surface area contributed by atoms with Gasteiger partial charge in [-0.2, -0.15) is 0 Å². The lowest BCUT2D eigenvalue weighted by molar-refractivity contribution is 0.240. The first kappa shape index (κ1) is 13.2. The smallest absolute Gasteiger partial charge is 0.159 e. The van der Waals surface area contributed by atoms with E-state index in [0.29, 0.717) is 0 Å². The van der Waals surface area contributed by atoms with Gasteiger partial charge < -0.3 is 4.98 Å². The fourth-order valence-corrected chi connectivity index (χ4v) is 2.86. The largest absolute Gasteiger partial charge is 0.364 e. The predicted octanol–water partition coefficient (Wildman–Crippen LogP) is 2.43. The normalized spacial score (nSPS) is 14.7. The quantitative estimate of drug-likeness (QED) is 0.805. The molecule has 0 amide bonds. The van der Waals surface area contributed by atoms with Crippen molar-refractivity contribution in [3.63, 3.8) is 0 Å². The molecule has 5 nitrogen and oxygen atoms in total. The van der Waals surface area contributed by atoms with Crippen molar-refractivity contribution in [1.82, 2.24) is 24.8 Å². The molecule has 0 saturated carbocycles. The molecule has 22 heavy (non-hydrogen) atoms. The number of fused-ring (bicyclic) bond motifs is 1. The number of hydrogen-bond donors (Lipinski definition) is 1. The third-order valence-electron chi connectivity index (χ3n) is 4.01. The fraction of sp³-hybridized carbons (Fsp3) is 0.235. The molecule has 1 N–H and O–H groups in total. The van der Waals surface area contributed by atoms with Gasteiger partial charge in [-0.05, 0) is 24.3 Å². The summed E-state index contributed by atoms with van der Waals surface area (Å²) in [5.41, 5.74) is 4.67. The molecule has 3 aromatic rings. The van der Waals surface area contributed by atoms with Crippen LogP contribution in [0.4, 0.5) is 0 Å². The Bertz CT molecular complexity index is 752. The molecule has 1 aliphatic heterocycles. The van der Waals surface area contributed by atoms with Gasteiger partial charge in [0.2, 0.25) is 0 Å². The number of aromatic nitrogens is 4. The summed E-state index contributed by atoms with van der Waals surface area (Å²) in [6.45, 7) is 2.88. The van der Waals surface area contributed by atoms with E-state index in [-0.39, 0.29) is 0 Å². The van der Waals surface area contributed by atoms with Gasteiger partial charge >= 0.3 is 0 Å². The standard InChI is InChI=1S/C17H17N5/c1-2-15(19-6-1)12-22-9-5-16-14(11-22)10-20-17(21-16)13-3-7-18-8-4-13/h1-4,6-8,10,19H,5,9,11-12H2. The number of rotatable bonds is 3. The van der Waals surface area contributed by atoms with E-state index in [9.17, 15) is 0 Å². The van der Waals surface area contributed by atoms with Crippen LogP contribution in [-0.4, -0.2) is 31.4 Å². The highest BCUT2D eigenvalue weighted by atomic mass is 15.1. The minimum Gasteiger partial charge on any atom is -0.364 e. The number of nitrogens with one attached hydrogen (secondary N) is 1. The highest BCUT2D eigenvalue weighted by Gasteiger charge is 2.19. The first-order valence-corrected chi connectivity index (χ1v) is 7.48. The van der Waals surface area contributed by atoms with Crippen LogP contribution in [0.2, 0.25) is 0 Å². The van der Waals surface area contributed by atoms with Crippen molar-refractivity contribution < 1.29 is 0 Å². The third kappa shape index (κ3) is 2.63. The average molecular weight is 291 g/mol. The minimum absolute atomic E-state index is 0.791. The van der Waals surface area contributed by atoms with Gasteiger partial charge in [0.25, 0.3) is 0 Å². The Hall–Kier alpha value is -2.53. The van der Waals surface area contributed by atoms with Gasteiger partial charge in [0, 0.05) is 67.7 Å². The van der Waals surface area contributed by atoms with E-state index in [4.69, 9.17) is 4.98 Å². The Morgan fingerprint density at radius 2 is 2.09 bits per heavy atom. The molecule has 4 heterocycles. The van der Waals surface area contributed by atoms with Crippen LogP contribution in [0.1, 0.15) is 17.0 Å². The van der Waals surface area contributed by atoms with Crippen molar-refractivity contribution in [2.24, 2.45) is 0 Å². The molecule has 0 spiro atoms. The molecule has 0 aromatic carbocycles. The topological polar surface area (TPSA) is 57.7 Å². The van der Waals surface area contributed by atoms with Crippen LogP contribution in [0.15, 0.2) is 49.1 Å². The van der Waals surface area contributed by atoms with E-state index in [0.717, 1.165) is 37.4 Å². The first-order valence-electron chi connectivity index (χ1n) is 7.48. The zero-order valence-electron chi connectivity index (χ0n) is 12.2. The van der Waals surface area contributed by atoms with E-state index in [1.165, 1.54) is 17.0 Å². The maximum Gasteiger partial charge on any atom is 0.159 e. The van der Waals surface area contributed by atoms with Crippen LogP contribution < -0.4 is 0 Å². The summed E-state index contributed by atoms with van der Waals surface area (Å²) in [6.07, 6.45) is 8.46. The molecule has 0 aliphatic carbocycles. The second-order valence-electron chi connectivity index (χ2n) is 5.56. The zero-order chi connectivity index (χ0) is 14.8. The molecule has 0 bridgehead atoms. The second-order valence-corrected chi connectivity index (χ2v) is 5.56. The first-order chi connectivity index (χ1) is 10.9. The summed E-state index contributed by atoms with van der Waals surface area (Å²) >= 11 is 0. The molecule has 1 aliphatic rings. The van der Waals surface area contributed by atoms with Crippen LogP contribution in [0.3, 0.4) is 0 Å². The molecule has 5 heteroatoms.